The molecule has 7 fully saturated rings. The van der Waals surface area contributed by atoms with Crippen molar-refractivity contribution in [1.29, 1.82) is 0 Å². The van der Waals surface area contributed by atoms with E-state index in [0.29, 0.717) is 42.7 Å². The number of rotatable bonds is 1. The van der Waals surface area contributed by atoms with E-state index < -0.39 is 5.79 Å². The lowest BCUT2D eigenvalue weighted by atomic mass is 9.45. The summed E-state index contributed by atoms with van der Waals surface area (Å²) in [6, 6.07) is 0. The highest BCUT2D eigenvalue weighted by molar-refractivity contribution is 5.91. The lowest BCUT2D eigenvalue weighted by Crippen LogP contribution is -2.57. The van der Waals surface area contributed by atoms with E-state index in [2.05, 4.69) is 13.8 Å². The zero-order valence-corrected chi connectivity index (χ0v) is 19.3. The number of ketones is 1. The Morgan fingerprint density at radius 3 is 2.23 bits per heavy atom. The van der Waals surface area contributed by atoms with E-state index in [9.17, 15) is 4.79 Å². The first-order chi connectivity index (χ1) is 14.9. The van der Waals surface area contributed by atoms with Crippen LogP contribution in [0.2, 0.25) is 0 Å². The Hall–Kier alpha value is -0.490. The topological polar surface area (TPSA) is 54.0 Å². The molecule has 0 N–H and O–H groups in total. The minimum absolute atomic E-state index is 0.0165. The maximum atomic E-state index is 14.0. The van der Waals surface area contributed by atoms with Gasteiger partial charge in [0.15, 0.2) is 11.6 Å². The van der Waals surface area contributed by atoms with E-state index in [-0.39, 0.29) is 22.0 Å². The van der Waals surface area contributed by atoms with E-state index in [4.69, 9.17) is 18.9 Å². The fourth-order valence-corrected chi connectivity index (χ4v) is 10.1. The molecule has 5 aliphatic carbocycles. The predicted molar refractivity (Wildman–Crippen MR) is 113 cm³/mol. The van der Waals surface area contributed by atoms with Gasteiger partial charge in [-0.25, -0.2) is 0 Å². The number of ether oxygens (including phenoxy) is 4. The van der Waals surface area contributed by atoms with Crippen LogP contribution in [-0.2, 0) is 23.7 Å². The molecule has 5 heteroatoms. The van der Waals surface area contributed by atoms with Crippen molar-refractivity contribution in [3.63, 3.8) is 0 Å². The molecule has 2 saturated heterocycles. The summed E-state index contributed by atoms with van der Waals surface area (Å²) in [7, 11) is 0. The fraction of sp³-hybridized carbons (Fsp3) is 0.962. The molecule has 7 atom stereocenters. The first-order valence-electron chi connectivity index (χ1n) is 12.9. The molecule has 0 aromatic rings. The van der Waals surface area contributed by atoms with E-state index in [1.54, 1.807) is 0 Å². The molecule has 7 aliphatic rings. The van der Waals surface area contributed by atoms with Crippen molar-refractivity contribution < 1.29 is 23.7 Å². The van der Waals surface area contributed by atoms with Crippen LogP contribution in [-0.4, -0.2) is 43.8 Å². The smallest absolute Gasteiger partial charge is 0.168 e. The van der Waals surface area contributed by atoms with Crippen molar-refractivity contribution in [3.8, 4) is 0 Å². The van der Waals surface area contributed by atoms with Gasteiger partial charge in [0, 0.05) is 30.6 Å². The highest BCUT2D eigenvalue weighted by Gasteiger charge is 2.82. The summed E-state index contributed by atoms with van der Waals surface area (Å²) in [4.78, 5) is 14.0. The first kappa shape index (κ1) is 19.9. The second-order valence-corrected chi connectivity index (χ2v) is 12.5. The molecular weight excluding hydrogens is 392 g/mol. The fourth-order valence-electron chi connectivity index (χ4n) is 10.1. The van der Waals surface area contributed by atoms with Crippen LogP contribution in [0.15, 0.2) is 0 Å². The van der Waals surface area contributed by atoms with E-state index in [0.717, 1.165) is 51.7 Å². The summed E-state index contributed by atoms with van der Waals surface area (Å²) in [6.07, 6.45) is 11.0. The van der Waals surface area contributed by atoms with Crippen LogP contribution in [0.5, 0.6) is 0 Å². The SMILES string of the molecule is CC1([C@@H]2CC[C@@H]3[C@@H]4CC[C@H]5CC6(CC[C@]57C[C@]47C(=O)C[C@@]3(C)C2)OCCO6)OCCO1. The number of Topliss-reactive ketones (excluding diaryl/α,β-unsaturated/α-hetero) is 1. The molecular formula is C26H38O5. The summed E-state index contributed by atoms with van der Waals surface area (Å²) in [6.45, 7) is 7.44. The second kappa shape index (κ2) is 6.14. The van der Waals surface area contributed by atoms with Crippen LogP contribution in [0.3, 0.4) is 0 Å². The van der Waals surface area contributed by atoms with Crippen molar-refractivity contribution >= 4 is 5.78 Å². The van der Waals surface area contributed by atoms with Crippen LogP contribution in [0.1, 0.15) is 78.1 Å². The number of hydrogen-bond acceptors (Lipinski definition) is 5. The van der Waals surface area contributed by atoms with Gasteiger partial charge in [0.2, 0.25) is 0 Å². The molecule has 2 aliphatic heterocycles. The molecule has 0 radical (unpaired) electrons. The predicted octanol–water partition coefficient (Wildman–Crippen LogP) is 4.47. The van der Waals surface area contributed by atoms with Gasteiger partial charge in [-0.1, -0.05) is 6.92 Å². The minimum atomic E-state index is -0.441. The third-order valence-electron chi connectivity index (χ3n) is 11.5. The molecule has 0 amide bonds. The lowest BCUT2D eigenvalue weighted by molar-refractivity contribution is -0.220. The summed E-state index contributed by atoms with van der Waals surface area (Å²) >= 11 is 0. The molecule has 0 aromatic carbocycles. The minimum Gasteiger partial charge on any atom is -0.348 e. The molecule has 172 valence electrons. The third kappa shape index (κ3) is 2.40. The molecule has 0 bridgehead atoms. The lowest BCUT2D eigenvalue weighted by Gasteiger charge is -2.59. The van der Waals surface area contributed by atoms with Crippen LogP contribution in [0, 0.1) is 39.9 Å². The molecule has 3 spiro atoms. The first-order valence-corrected chi connectivity index (χ1v) is 12.9. The zero-order chi connectivity index (χ0) is 21.1. The molecule has 5 saturated carbocycles. The Balaban J connectivity index is 1.16. The average molecular weight is 431 g/mol. The van der Waals surface area contributed by atoms with Gasteiger partial charge >= 0.3 is 0 Å². The van der Waals surface area contributed by atoms with Crippen molar-refractivity contribution in [1.82, 2.24) is 0 Å². The van der Waals surface area contributed by atoms with Gasteiger partial charge in [0.05, 0.1) is 26.4 Å². The van der Waals surface area contributed by atoms with Gasteiger partial charge in [0.1, 0.15) is 5.78 Å². The normalized spacial score (nSPS) is 54.1. The summed E-state index contributed by atoms with van der Waals surface area (Å²) < 4.78 is 24.3. The Bertz CT molecular complexity index is 798. The van der Waals surface area contributed by atoms with Gasteiger partial charge in [-0.15, -0.1) is 0 Å². The van der Waals surface area contributed by atoms with Gasteiger partial charge in [-0.3, -0.25) is 4.79 Å². The molecule has 2 heterocycles. The standard InChI is InChI=1S/C26H38O5/c1-22-13-17(23(2)28-9-10-29-23)3-5-19(22)20-6-4-18-14-25(30-11-12-31-25)8-7-24(18)16-26(20,24)21(27)15-22/h17-20H,3-16H2,1-2H3/t17-,18+,19-,20+,22-,24+,26-/m1/s1. The third-order valence-corrected chi connectivity index (χ3v) is 11.5. The van der Waals surface area contributed by atoms with Crippen LogP contribution < -0.4 is 0 Å². The number of carbonyl (C=O) groups excluding carboxylic acids is 1. The van der Waals surface area contributed by atoms with Crippen molar-refractivity contribution in [2.24, 2.45) is 39.9 Å². The quantitative estimate of drug-likeness (QED) is 0.614. The van der Waals surface area contributed by atoms with Crippen molar-refractivity contribution in [2.75, 3.05) is 26.4 Å². The van der Waals surface area contributed by atoms with Crippen LogP contribution >= 0.6 is 0 Å². The Morgan fingerprint density at radius 2 is 1.45 bits per heavy atom. The summed E-state index contributed by atoms with van der Waals surface area (Å²) in [5.41, 5.74) is 0.352. The number of carbonyl (C=O) groups is 1. The Morgan fingerprint density at radius 1 is 0.774 bits per heavy atom. The molecule has 31 heavy (non-hydrogen) atoms. The zero-order valence-electron chi connectivity index (χ0n) is 19.3. The monoisotopic (exact) mass is 430 g/mol. The largest absolute Gasteiger partial charge is 0.348 e. The van der Waals surface area contributed by atoms with Crippen molar-refractivity contribution in [2.45, 2.75) is 89.6 Å². The second-order valence-electron chi connectivity index (χ2n) is 12.5. The van der Waals surface area contributed by atoms with Crippen LogP contribution in [0.4, 0.5) is 0 Å². The summed E-state index contributed by atoms with van der Waals surface area (Å²) in [5, 5.41) is 0. The van der Waals surface area contributed by atoms with Gasteiger partial charge in [-0.05, 0) is 80.5 Å². The Labute approximate surface area is 185 Å². The summed E-state index contributed by atoms with van der Waals surface area (Å²) in [5.74, 6) is 2.13. The maximum absolute atomic E-state index is 14.0. The van der Waals surface area contributed by atoms with E-state index in [1.807, 2.05) is 0 Å². The van der Waals surface area contributed by atoms with Gasteiger partial charge in [0.25, 0.3) is 0 Å². The Kier molecular flexibility index (Phi) is 3.95. The molecule has 7 rings (SSSR count). The van der Waals surface area contributed by atoms with Gasteiger partial charge in [-0.2, -0.15) is 0 Å². The van der Waals surface area contributed by atoms with Crippen molar-refractivity contribution in [3.05, 3.63) is 0 Å². The molecule has 0 unspecified atom stereocenters. The average Bonchev–Trinajstić information content (AvgIpc) is 2.99. The molecule has 0 aromatic heterocycles. The molecule has 5 nitrogen and oxygen atoms in total. The highest BCUT2D eigenvalue weighted by Crippen LogP contribution is 2.84. The maximum Gasteiger partial charge on any atom is 0.168 e. The number of fused-ring (bicyclic) bond motifs is 2. The van der Waals surface area contributed by atoms with Gasteiger partial charge < -0.3 is 18.9 Å². The highest BCUT2D eigenvalue weighted by atomic mass is 16.7. The number of hydrogen-bond donors (Lipinski definition) is 0. The van der Waals surface area contributed by atoms with E-state index >= 15 is 0 Å². The van der Waals surface area contributed by atoms with Crippen LogP contribution in [0.25, 0.3) is 0 Å². The van der Waals surface area contributed by atoms with E-state index in [1.165, 1.54) is 25.7 Å².